The van der Waals surface area contributed by atoms with E-state index in [4.69, 9.17) is 4.74 Å². The number of rotatable bonds is 3. The van der Waals surface area contributed by atoms with E-state index in [9.17, 15) is 26.3 Å². The summed E-state index contributed by atoms with van der Waals surface area (Å²) in [5.74, 6) is -2.57. The second-order valence-corrected chi connectivity index (χ2v) is 7.53. The van der Waals surface area contributed by atoms with Gasteiger partial charge in [-0.15, -0.1) is 0 Å². The Balaban J connectivity index is 2.40. The Kier molecular flexibility index (Phi) is 5.83. The molecule has 142 valence electrons. The van der Waals surface area contributed by atoms with Crippen molar-refractivity contribution in [2.75, 3.05) is 7.11 Å². The molecule has 1 nitrogen and oxygen atoms in total. The number of halogens is 6. The molecular weight excluding hydrogens is 334 g/mol. The van der Waals surface area contributed by atoms with Gasteiger partial charge in [0.2, 0.25) is 0 Å². The quantitative estimate of drug-likeness (QED) is 0.550. The maximum absolute atomic E-state index is 14.0. The molecule has 24 heavy (non-hydrogen) atoms. The molecule has 2 saturated carbocycles. The largest absolute Gasteiger partial charge is 0.403 e. The Morgan fingerprint density at radius 3 is 1.38 bits per heavy atom. The standard InChI is InChI=1S/C17H26F6O/c1-11-3-5-12(6-4-11)15(16(18,19)20,17(21,22)23)13-7-9-14(24-2)10-8-13/h11-14H,3-10H2,1-2H3. The molecular formula is C17H26F6O. The minimum Gasteiger partial charge on any atom is -0.381 e. The topological polar surface area (TPSA) is 9.23 Å². The lowest BCUT2D eigenvalue weighted by Crippen LogP contribution is -2.60. The molecule has 0 aromatic carbocycles. The van der Waals surface area contributed by atoms with Crippen molar-refractivity contribution in [1.29, 1.82) is 0 Å². The van der Waals surface area contributed by atoms with Gasteiger partial charge in [-0.3, -0.25) is 0 Å². The van der Waals surface area contributed by atoms with Gasteiger partial charge in [0.1, 0.15) is 0 Å². The van der Waals surface area contributed by atoms with Crippen molar-refractivity contribution >= 4 is 0 Å². The number of methoxy groups -OCH3 is 1. The molecule has 0 amide bonds. The predicted molar refractivity (Wildman–Crippen MR) is 78.4 cm³/mol. The molecule has 0 radical (unpaired) electrons. The predicted octanol–water partition coefficient (Wildman–Crippen LogP) is 6.13. The van der Waals surface area contributed by atoms with Gasteiger partial charge < -0.3 is 4.74 Å². The average Bonchev–Trinajstić information content (AvgIpc) is 2.47. The van der Waals surface area contributed by atoms with E-state index < -0.39 is 29.6 Å². The summed E-state index contributed by atoms with van der Waals surface area (Å²) in [5.41, 5.74) is -3.57. The van der Waals surface area contributed by atoms with Crippen LogP contribution in [0.3, 0.4) is 0 Å². The van der Waals surface area contributed by atoms with E-state index in [1.807, 2.05) is 6.92 Å². The Labute approximate surface area is 139 Å². The van der Waals surface area contributed by atoms with Gasteiger partial charge in [-0.2, -0.15) is 26.3 Å². The van der Waals surface area contributed by atoms with E-state index in [1.54, 1.807) is 0 Å². The van der Waals surface area contributed by atoms with Crippen LogP contribution in [0.4, 0.5) is 26.3 Å². The molecule has 2 fully saturated rings. The zero-order valence-corrected chi connectivity index (χ0v) is 14.1. The number of alkyl halides is 6. The third kappa shape index (κ3) is 3.42. The van der Waals surface area contributed by atoms with Crippen molar-refractivity contribution in [3.63, 3.8) is 0 Å². The summed E-state index contributed by atoms with van der Waals surface area (Å²) in [6, 6.07) is 0. The fraction of sp³-hybridized carbons (Fsp3) is 1.00. The summed E-state index contributed by atoms with van der Waals surface area (Å²) in [7, 11) is 1.45. The Hall–Kier alpha value is -0.460. The van der Waals surface area contributed by atoms with Crippen LogP contribution in [0.1, 0.15) is 58.3 Å². The van der Waals surface area contributed by atoms with E-state index in [-0.39, 0.29) is 50.5 Å². The molecule has 0 atom stereocenters. The van der Waals surface area contributed by atoms with Gasteiger partial charge in [0.15, 0.2) is 5.41 Å². The van der Waals surface area contributed by atoms with Gasteiger partial charge >= 0.3 is 12.4 Å². The SMILES string of the molecule is COC1CCC(C(C2CCC(C)CC2)(C(F)(F)F)C(F)(F)F)CC1. The molecule has 2 aliphatic rings. The molecule has 0 heterocycles. The van der Waals surface area contributed by atoms with Crippen LogP contribution >= 0.6 is 0 Å². The van der Waals surface area contributed by atoms with Crippen LogP contribution in [0.15, 0.2) is 0 Å². The normalized spacial score (nSPS) is 33.5. The minimum atomic E-state index is -5.28. The van der Waals surface area contributed by atoms with Crippen molar-refractivity contribution < 1.29 is 31.1 Å². The monoisotopic (exact) mass is 360 g/mol. The maximum Gasteiger partial charge on any atom is 0.403 e. The first-order chi connectivity index (χ1) is 11.0. The molecule has 0 N–H and O–H groups in total. The molecule has 2 rings (SSSR count). The lowest BCUT2D eigenvalue weighted by atomic mass is 9.57. The Bertz CT molecular complexity index is 386. The van der Waals surface area contributed by atoms with Gasteiger partial charge in [0.05, 0.1) is 6.10 Å². The second-order valence-electron chi connectivity index (χ2n) is 7.53. The van der Waals surface area contributed by atoms with Crippen LogP contribution in [-0.2, 0) is 4.74 Å². The van der Waals surface area contributed by atoms with Gasteiger partial charge in [-0.05, 0) is 56.3 Å². The van der Waals surface area contributed by atoms with E-state index in [0.717, 1.165) is 0 Å². The summed E-state index contributed by atoms with van der Waals surface area (Å²) < 4.78 is 88.9. The first-order valence-electron chi connectivity index (χ1n) is 8.70. The van der Waals surface area contributed by atoms with Crippen molar-refractivity contribution in [1.82, 2.24) is 0 Å². The van der Waals surface area contributed by atoms with Crippen molar-refractivity contribution in [3.8, 4) is 0 Å². The first-order valence-corrected chi connectivity index (χ1v) is 8.70. The third-order valence-corrected chi connectivity index (χ3v) is 6.25. The zero-order valence-electron chi connectivity index (χ0n) is 14.1. The summed E-state index contributed by atoms with van der Waals surface area (Å²) in [4.78, 5) is 0. The first kappa shape index (κ1) is 19.9. The van der Waals surface area contributed by atoms with Crippen molar-refractivity contribution in [2.24, 2.45) is 23.2 Å². The highest BCUT2D eigenvalue weighted by atomic mass is 19.4. The van der Waals surface area contributed by atoms with E-state index in [2.05, 4.69) is 0 Å². The molecule has 0 unspecified atom stereocenters. The lowest BCUT2D eigenvalue weighted by Gasteiger charge is -2.51. The molecule has 0 aromatic rings. The number of hydrogen-bond acceptors (Lipinski definition) is 1. The van der Waals surface area contributed by atoms with E-state index in [0.29, 0.717) is 12.8 Å². The fourth-order valence-corrected chi connectivity index (χ4v) is 4.89. The van der Waals surface area contributed by atoms with Crippen LogP contribution in [0.2, 0.25) is 0 Å². The molecule has 0 saturated heterocycles. The minimum absolute atomic E-state index is 0.00436. The fourth-order valence-electron chi connectivity index (χ4n) is 4.89. The van der Waals surface area contributed by atoms with Crippen LogP contribution in [0.25, 0.3) is 0 Å². The van der Waals surface area contributed by atoms with Crippen LogP contribution in [0, 0.1) is 23.2 Å². The molecule has 0 aliphatic heterocycles. The summed E-state index contributed by atoms with van der Waals surface area (Å²) in [5, 5.41) is 0. The van der Waals surface area contributed by atoms with E-state index in [1.165, 1.54) is 7.11 Å². The molecule has 7 heteroatoms. The average molecular weight is 360 g/mol. The van der Waals surface area contributed by atoms with Gasteiger partial charge in [-0.25, -0.2) is 0 Å². The highest BCUT2D eigenvalue weighted by Gasteiger charge is 2.76. The number of ether oxygens (including phenoxy) is 1. The summed E-state index contributed by atoms with van der Waals surface area (Å²) in [6.07, 6.45) is -9.54. The second kappa shape index (κ2) is 7.04. The van der Waals surface area contributed by atoms with Gasteiger partial charge in [0, 0.05) is 7.11 Å². The molecule has 0 aromatic heterocycles. The number of hydrogen-bond donors (Lipinski definition) is 0. The van der Waals surface area contributed by atoms with Crippen molar-refractivity contribution in [2.45, 2.75) is 76.7 Å². The molecule has 2 aliphatic carbocycles. The van der Waals surface area contributed by atoms with Crippen LogP contribution < -0.4 is 0 Å². The Morgan fingerprint density at radius 2 is 1.04 bits per heavy atom. The van der Waals surface area contributed by atoms with Gasteiger partial charge in [-0.1, -0.05) is 19.8 Å². The van der Waals surface area contributed by atoms with Gasteiger partial charge in [0.25, 0.3) is 0 Å². The zero-order chi connectivity index (χ0) is 18.2. The summed E-state index contributed by atoms with van der Waals surface area (Å²) >= 11 is 0. The third-order valence-electron chi connectivity index (χ3n) is 6.25. The highest BCUT2D eigenvalue weighted by Crippen LogP contribution is 2.64. The van der Waals surface area contributed by atoms with Crippen LogP contribution in [0.5, 0.6) is 0 Å². The molecule has 0 spiro atoms. The molecule has 0 bridgehead atoms. The highest BCUT2D eigenvalue weighted by molar-refractivity contribution is 5.04. The van der Waals surface area contributed by atoms with Crippen LogP contribution in [-0.4, -0.2) is 25.6 Å². The van der Waals surface area contributed by atoms with Crippen molar-refractivity contribution in [3.05, 3.63) is 0 Å². The maximum atomic E-state index is 14.0. The van der Waals surface area contributed by atoms with E-state index >= 15 is 0 Å². The Morgan fingerprint density at radius 1 is 0.667 bits per heavy atom. The smallest absolute Gasteiger partial charge is 0.381 e. The lowest BCUT2D eigenvalue weighted by molar-refractivity contribution is -0.382. The summed E-state index contributed by atoms with van der Waals surface area (Å²) in [6.45, 7) is 1.89.